The van der Waals surface area contributed by atoms with Crippen LogP contribution in [0.2, 0.25) is 0 Å². The molecule has 4 aromatic rings. The van der Waals surface area contributed by atoms with E-state index in [1.54, 1.807) is 12.5 Å². The highest BCUT2D eigenvalue weighted by Crippen LogP contribution is 2.24. The fourth-order valence-electron chi connectivity index (χ4n) is 2.86. The number of hydrogen-bond donors (Lipinski definition) is 1. The van der Waals surface area contributed by atoms with Crippen molar-refractivity contribution in [1.82, 2.24) is 19.5 Å². The van der Waals surface area contributed by atoms with Crippen LogP contribution in [0.5, 0.6) is 0 Å². The fraction of sp³-hybridized carbons (Fsp3) is 0.105. The van der Waals surface area contributed by atoms with Crippen LogP contribution in [0, 0.1) is 0 Å². The lowest BCUT2D eigenvalue weighted by Crippen LogP contribution is -2.06. The van der Waals surface area contributed by atoms with Crippen LogP contribution in [0.3, 0.4) is 0 Å². The number of anilines is 1. The van der Waals surface area contributed by atoms with Gasteiger partial charge < -0.3 is 5.73 Å². The first kappa shape index (κ1) is 14.4. The zero-order valence-corrected chi connectivity index (χ0v) is 13.1. The molecule has 24 heavy (non-hydrogen) atoms. The van der Waals surface area contributed by atoms with Crippen molar-refractivity contribution in [3.05, 3.63) is 78.5 Å². The Morgan fingerprint density at radius 1 is 0.917 bits per heavy atom. The van der Waals surface area contributed by atoms with E-state index in [1.165, 1.54) is 5.56 Å². The number of rotatable bonds is 4. The highest BCUT2D eigenvalue weighted by Gasteiger charge is 2.11. The van der Waals surface area contributed by atoms with Crippen LogP contribution >= 0.6 is 0 Å². The molecule has 0 saturated carbocycles. The Hall–Kier alpha value is -3.21. The first-order valence-electron chi connectivity index (χ1n) is 7.88. The lowest BCUT2D eigenvalue weighted by Gasteiger charge is -2.11. The van der Waals surface area contributed by atoms with Crippen LogP contribution in [0.4, 0.5) is 5.69 Å². The molecule has 0 aliphatic heterocycles. The maximum atomic E-state index is 6.20. The van der Waals surface area contributed by atoms with Crippen molar-refractivity contribution < 1.29 is 0 Å². The highest BCUT2D eigenvalue weighted by molar-refractivity contribution is 5.92. The molecular formula is C19H17N5. The van der Waals surface area contributed by atoms with E-state index in [4.69, 9.17) is 10.7 Å². The first-order chi connectivity index (χ1) is 11.8. The first-order valence-corrected chi connectivity index (χ1v) is 7.88. The van der Waals surface area contributed by atoms with Crippen molar-refractivity contribution in [2.24, 2.45) is 0 Å². The van der Waals surface area contributed by atoms with E-state index in [2.05, 4.69) is 34.2 Å². The van der Waals surface area contributed by atoms with Crippen LogP contribution in [0.25, 0.3) is 16.9 Å². The minimum Gasteiger partial charge on any atom is -0.398 e. The summed E-state index contributed by atoms with van der Waals surface area (Å²) in [5.41, 5.74) is 10.0. The minimum absolute atomic E-state index is 0.619. The zero-order valence-electron chi connectivity index (χ0n) is 13.1. The summed E-state index contributed by atoms with van der Waals surface area (Å²) >= 11 is 0. The van der Waals surface area contributed by atoms with Gasteiger partial charge in [0.25, 0.3) is 0 Å². The Labute approximate surface area is 139 Å². The molecule has 2 aromatic heterocycles. The van der Waals surface area contributed by atoms with Crippen molar-refractivity contribution in [1.29, 1.82) is 0 Å². The third-order valence-electron chi connectivity index (χ3n) is 4.05. The molecule has 2 heterocycles. The van der Waals surface area contributed by atoms with Crippen LogP contribution in [0.1, 0.15) is 11.3 Å². The van der Waals surface area contributed by atoms with Gasteiger partial charge in [0.15, 0.2) is 0 Å². The Morgan fingerprint density at radius 2 is 1.79 bits per heavy atom. The maximum absolute atomic E-state index is 6.20. The average Bonchev–Trinajstić information content (AvgIpc) is 3.15. The van der Waals surface area contributed by atoms with Gasteiger partial charge in [-0.2, -0.15) is 0 Å². The quantitative estimate of drug-likeness (QED) is 0.587. The molecule has 0 amide bonds. The molecule has 2 aromatic carbocycles. The molecule has 118 valence electrons. The van der Waals surface area contributed by atoms with Crippen LogP contribution in [-0.2, 0) is 12.8 Å². The second kappa shape index (κ2) is 6.12. The molecule has 2 N–H and O–H groups in total. The number of aryl methyl sites for hydroxylation is 2. The molecule has 0 radical (unpaired) electrons. The Kier molecular flexibility index (Phi) is 3.67. The van der Waals surface area contributed by atoms with Gasteiger partial charge in [0.2, 0.25) is 5.95 Å². The van der Waals surface area contributed by atoms with E-state index in [0.717, 1.165) is 29.4 Å². The number of nitrogen functional groups attached to an aromatic ring is 1. The molecule has 5 nitrogen and oxygen atoms in total. The maximum Gasteiger partial charge on any atom is 0.235 e. The summed E-state index contributed by atoms with van der Waals surface area (Å²) in [5.74, 6) is 0.619. The van der Waals surface area contributed by atoms with Crippen LogP contribution in [0.15, 0.2) is 67.3 Å². The Bertz CT molecular complexity index is 962. The summed E-state index contributed by atoms with van der Waals surface area (Å²) in [4.78, 5) is 13.5. The lowest BCUT2D eigenvalue weighted by molar-refractivity contribution is 0.871. The number of hydrogen-bond acceptors (Lipinski definition) is 4. The Balaban J connectivity index is 1.79. The summed E-state index contributed by atoms with van der Waals surface area (Å²) < 4.78 is 1.81. The molecule has 0 unspecified atom stereocenters. The van der Waals surface area contributed by atoms with Gasteiger partial charge in [-0.15, -0.1) is 0 Å². The van der Waals surface area contributed by atoms with Crippen molar-refractivity contribution >= 4 is 16.6 Å². The summed E-state index contributed by atoms with van der Waals surface area (Å²) in [6, 6.07) is 16.2. The summed E-state index contributed by atoms with van der Waals surface area (Å²) in [7, 11) is 0. The number of imidazole rings is 1. The molecule has 5 heteroatoms. The predicted molar refractivity (Wildman–Crippen MR) is 94.9 cm³/mol. The van der Waals surface area contributed by atoms with E-state index in [0.29, 0.717) is 11.6 Å². The number of benzene rings is 2. The molecule has 0 saturated heterocycles. The van der Waals surface area contributed by atoms with Gasteiger partial charge in [0.1, 0.15) is 6.33 Å². The van der Waals surface area contributed by atoms with Crippen molar-refractivity contribution in [2.75, 3.05) is 5.73 Å². The molecule has 0 bridgehead atoms. The molecular weight excluding hydrogens is 298 g/mol. The van der Waals surface area contributed by atoms with E-state index in [-0.39, 0.29) is 0 Å². The molecule has 4 rings (SSSR count). The smallest absolute Gasteiger partial charge is 0.235 e. The molecule has 0 aliphatic carbocycles. The molecule has 0 aliphatic rings. The second-order valence-corrected chi connectivity index (χ2v) is 5.67. The van der Waals surface area contributed by atoms with E-state index < -0.39 is 0 Å². The zero-order chi connectivity index (χ0) is 16.4. The monoisotopic (exact) mass is 315 g/mol. The highest BCUT2D eigenvalue weighted by atomic mass is 15.2. The fourth-order valence-corrected chi connectivity index (χ4v) is 2.86. The van der Waals surface area contributed by atoms with Gasteiger partial charge in [-0.05, 0) is 30.5 Å². The van der Waals surface area contributed by atoms with Gasteiger partial charge >= 0.3 is 0 Å². The molecule has 0 atom stereocenters. The van der Waals surface area contributed by atoms with Crippen LogP contribution < -0.4 is 5.73 Å². The molecule has 0 fully saturated rings. The van der Waals surface area contributed by atoms with Gasteiger partial charge in [0, 0.05) is 23.5 Å². The van der Waals surface area contributed by atoms with Gasteiger partial charge in [-0.1, -0.05) is 36.4 Å². The van der Waals surface area contributed by atoms with Gasteiger partial charge in [-0.25, -0.2) is 15.0 Å². The number of aromatic nitrogens is 4. The van der Waals surface area contributed by atoms with Crippen molar-refractivity contribution in [3.63, 3.8) is 0 Å². The van der Waals surface area contributed by atoms with E-state index in [1.807, 2.05) is 35.0 Å². The predicted octanol–water partition coefficient (Wildman–Crippen LogP) is 3.18. The number of nitrogens with two attached hydrogens (primary N) is 1. The molecule has 0 spiro atoms. The lowest BCUT2D eigenvalue weighted by atomic mass is 10.0. The van der Waals surface area contributed by atoms with E-state index >= 15 is 0 Å². The van der Waals surface area contributed by atoms with Gasteiger partial charge in [-0.3, -0.25) is 4.57 Å². The van der Waals surface area contributed by atoms with E-state index in [9.17, 15) is 0 Å². The summed E-state index contributed by atoms with van der Waals surface area (Å²) in [5, 5.41) is 0.942. The number of fused-ring (bicyclic) bond motifs is 1. The SMILES string of the molecule is Nc1cccc2nc(-n3ccnc3)nc(CCc3ccccc3)c12. The third kappa shape index (κ3) is 2.72. The van der Waals surface area contributed by atoms with Crippen LogP contribution in [-0.4, -0.2) is 19.5 Å². The number of nitrogens with zero attached hydrogens (tertiary/aromatic N) is 4. The third-order valence-corrected chi connectivity index (χ3v) is 4.05. The topological polar surface area (TPSA) is 69.6 Å². The Morgan fingerprint density at radius 3 is 2.58 bits per heavy atom. The minimum atomic E-state index is 0.619. The normalized spacial score (nSPS) is 11.0. The van der Waals surface area contributed by atoms with Crippen molar-refractivity contribution in [3.8, 4) is 5.95 Å². The largest absolute Gasteiger partial charge is 0.398 e. The van der Waals surface area contributed by atoms with Crippen molar-refractivity contribution in [2.45, 2.75) is 12.8 Å². The average molecular weight is 315 g/mol. The summed E-state index contributed by atoms with van der Waals surface area (Å²) in [6.07, 6.45) is 6.98. The van der Waals surface area contributed by atoms with Gasteiger partial charge in [0.05, 0.1) is 11.2 Å². The second-order valence-electron chi connectivity index (χ2n) is 5.67. The summed E-state index contributed by atoms with van der Waals surface area (Å²) in [6.45, 7) is 0. The standard InChI is InChI=1S/C19H17N5/c20-15-7-4-8-16-18(15)17(10-9-14-5-2-1-3-6-14)23-19(22-16)24-12-11-21-13-24/h1-8,11-13H,9-10,20H2.